The van der Waals surface area contributed by atoms with Gasteiger partial charge in [0.2, 0.25) is 5.91 Å². The van der Waals surface area contributed by atoms with E-state index in [1.54, 1.807) is 0 Å². The fourth-order valence-electron chi connectivity index (χ4n) is 4.59. The molecule has 1 aliphatic rings. The second-order valence-electron chi connectivity index (χ2n) is 8.57. The van der Waals surface area contributed by atoms with E-state index in [2.05, 4.69) is 30.4 Å². The van der Waals surface area contributed by atoms with Crippen LogP contribution in [-0.2, 0) is 24.1 Å². The van der Waals surface area contributed by atoms with E-state index in [0.29, 0.717) is 0 Å². The van der Waals surface area contributed by atoms with Gasteiger partial charge in [-0.2, -0.15) is 0 Å². The summed E-state index contributed by atoms with van der Waals surface area (Å²) in [4.78, 5) is 11.6. The molecular weight excluding hydrogens is 350 g/mol. The second-order valence-corrected chi connectivity index (χ2v) is 8.57. The molecule has 1 amide bonds. The van der Waals surface area contributed by atoms with Gasteiger partial charge in [0.15, 0.2) is 0 Å². The number of aliphatic hydroxyl groups is 2. The lowest BCUT2D eigenvalue weighted by Gasteiger charge is -2.38. The molecule has 158 valence electrons. The molecule has 4 heteroatoms. The van der Waals surface area contributed by atoms with Gasteiger partial charge < -0.3 is 15.5 Å². The molecule has 1 unspecified atom stereocenters. The van der Waals surface area contributed by atoms with Crippen LogP contribution in [0.2, 0.25) is 0 Å². The van der Waals surface area contributed by atoms with E-state index in [4.69, 9.17) is 0 Å². The number of hydrogen-bond donors (Lipinski definition) is 3. The molecule has 2 rings (SSSR count). The number of unbranched alkanes of at least 4 members (excludes halogenated alkanes) is 5. The molecule has 0 saturated heterocycles. The number of aryl methyl sites for hydroxylation is 2. The molecule has 0 heterocycles. The highest BCUT2D eigenvalue weighted by Gasteiger charge is 2.39. The Morgan fingerprint density at radius 2 is 1.82 bits per heavy atom. The van der Waals surface area contributed by atoms with Gasteiger partial charge in [-0.1, -0.05) is 57.2 Å². The zero-order chi connectivity index (χ0) is 20.4. The highest BCUT2D eigenvalue weighted by molar-refractivity contribution is 5.74. The molecule has 4 nitrogen and oxygen atoms in total. The van der Waals surface area contributed by atoms with Crippen molar-refractivity contribution in [3.8, 4) is 0 Å². The quantitative estimate of drug-likeness (QED) is 0.396. The fraction of sp³-hybridized carbons (Fsp3) is 0.708. The number of carbonyl (C=O) groups excluding carboxylic acids is 1. The summed E-state index contributed by atoms with van der Waals surface area (Å²) < 4.78 is 0. The van der Waals surface area contributed by atoms with Gasteiger partial charge in [0, 0.05) is 6.92 Å². The molecule has 0 saturated carbocycles. The minimum atomic E-state index is -0.940. The number of benzene rings is 1. The number of hydrogen-bond acceptors (Lipinski definition) is 3. The Balaban J connectivity index is 2.01. The topological polar surface area (TPSA) is 69.6 Å². The largest absolute Gasteiger partial charge is 0.394 e. The summed E-state index contributed by atoms with van der Waals surface area (Å²) in [6.07, 6.45) is 12.8. The molecule has 0 radical (unpaired) electrons. The summed E-state index contributed by atoms with van der Waals surface area (Å²) in [7, 11) is 0. The third-order valence-corrected chi connectivity index (χ3v) is 6.33. The maximum absolute atomic E-state index is 11.6. The maximum atomic E-state index is 11.6. The molecule has 0 bridgehead atoms. The molecule has 1 aromatic carbocycles. The van der Waals surface area contributed by atoms with Crippen molar-refractivity contribution in [1.82, 2.24) is 5.32 Å². The van der Waals surface area contributed by atoms with Gasteiger partial charge in [-0.15, -0.1) is 0 Å². The normalized spacial score (nSPS) is 17.1. The van der Waals surface area contributed by atoms with Crippen LogP contribution in [0, 0.1) is 5.92 Å². The summed E-state index contributed by atoms with van der Waals surface area (Å²) in [5.74, 6) is -0.168. The van der Waals surface area contributed by atoms with Crippen molar-refractivity contribution >= 4 is 5.91 Å². The molecular formula is C24H39NO3. The van der Waals surface area contributed by atoms with E-state index in [-0.39, 0.29) is 25.0 Å². The van der Waals surface area contributed by atoms with Gasteiger partial charge in [0.25, 0.3) is 0 Å². The number of aliphatic hydroxyl groups excluding tert-OH is 2. The Kier molecular flexibility index (Phi) is 9.46. The molecule has 0 aromatic heterocycles. The van der Waals surface area contributed by atoms with Crippen LogP contribution in [0.4, 0.5) is 0 Å². The van der Waals surface area contributed by atoms with E-state index < -0.39 is 5.54 Å². The highest BCUT2D eigenvalue weighted by Crippen LogP contribution is 2.32. The van der Waals surface area contributed by atoms with Crippen LogP contribution in [0.1, 0.15) is 81.9 Å². The molecule has 1 aromatic rings. The van der Waals surface area contributed by atoms with Crippen LogP contribution in [0.5, 0.6) is 0 Å². The molecule has 28 heavy (non-hydrogen) atoms. The summed E-state index contributed by atoms with van der Waals surface area (Å²) >= 11 is 0. The third-order valence-electron chi connectivity index (χ3n) is 6.33. The summed E-state index contributed by atoms with van der Waals surface area (Å²) in [6.45, 7) is 3.22. The smallest absolute Gasteiger partial charge is 0.217 e. The zero-order valence-electron chi connectivity index (χ0n) is 17.8. The minimum Gasteiger partial charge on any atom is -0.394 e. The number of amides is 1. The highest BCUT2D eigenvalue weighted by atomic mass is 16.3. The standard InChI is InChI=1S/C24H39NO3/c1-3-4-5-6-7-8-10-20-13-14-22-16-23(12-9-11-21(22)15-20)24(17-26,18-27)25-19(2)28/h13-15,23,26-27H,3-12,16-18H2,1-2H3,(H,25,28). The van der Waals surface area contributed by atoms with Crippen molar-refractivity contribution in [2.24, 2.45) is 5.92 Å². The molecule has 3 N–H and O–H groups in total. The molecule has 1 atom stereocenters. The number of nitrogens with one attached hydrogen (secondary N) is 1. The third kappa shape index (κ3) is 6.31. The monoisotopic (exact) mass is 389 g/mol. The first-order valence-corrected chi connectivity index (χ1v) is 11.2. The Labute approximate surface area is 170 Å². The zero-order valence-corrected chi connectivity index (χ0v) is 17.8. The Hall–Kier alpha value is -1.39. The first kappa shape index (κ1) is 22.9. The van der Waals surface area contributed by atoms with E-state index in [1.165, 1.54) is 62.1 Å². The van der Waals surface area contributed by atoms with Crippen LogP contribution in [0.3, 0.4) is 0 Å². The van der Waals surface area contributed by atoms with Crippen molar-refractivity contribution in [3.05, 3.63) is 34.9 Å². The average molecular weight is 390 g/mol. The van der Waals surface area contributed by atoms with Gasteiger partial charge in [-0.25, -0.2) is 0 Å². The van der Waals surface area contributed by atoms with Crippen molar-refractivity contribution in [2.75, 3.05) is 13.2 Å². The van der Waals surface area contributed by atoms with Gasteiger partial charge in [0.05, 0.1) is 18.8 Å². The lowest BCUT2D eigenvalue weighted by Crippen LogP contribution is -2.59. The van der Waals surface area contributed by atoms with Crippen molar-refractivity contribution < 1.29 is 15.0 Å². The van der Waals surface area contributed by atoms with Crippen molar-refractivity contribution in [3.63, 3.8) is 0 Å². The predicted molar refractivity (Wildman–Crippen MR) is 114 cm³/mol. The summed E-state index contributed by atoms with van der Waals surface area (Å²) in [6, 6.07) is 6.83. The van der Waals surface area contributed by atoms with Crippen LogP contribution in [0.15, 0.2) is 18.2 Å². The Bertz CT molecular complexity index is 610. The first-order chi connectivity index (χ1) is 13.5. The van der Waals surface area contributed by atoms with Crippen molar-refractivity contribution in [2.45, 2.75) is 90.0 Å². The van der Waals surface area contributed by atoms with E-state index in [1.807, 2.05) is 0 Å². The SMILES string of the molecule is CCCCCCCCc1ccc2c(c1)CCCC(C(CO)(CO)NC(C)=O)C2. The maximum Gasteiger partial charge on any atom is 0.217 e. The van der Waals surface area contributed by atoms with Gasteiger partial charge in [0.1, 0.15) is 0 Å². The molecule has 0 fully saturated rings. The number of carbonyl (C=O) groups is 1. The van der Waals surface area contributed by atoms with Crippen LogP contribution >= 0.6 is 0 Å². The molecule has 0 aliphatic heterocycles. The van der Waals surface area contributed by atoms with Gasteiger partial charge in [-0.05, 0) is 61.1 Å². The predicted octanol–water partition coefficient (Wildman–Crippen LogP) is 3.94. The lowest BCUT2D eigenvalue weighted by molar-refractivity contribution is -0.123. The van der Waals surface area contributed by atoms with Crippen LogP contribution in [-0.4, -0.2) is 34.9 Å². The van der Waals surface area contributed by atoms with Gasteiger partial charge >= 0.3 is 0 Å². The summed E-state index contributed by atoms with van der Waals surface area (Å²) in [5.41, 5.74) is 3.18. The van der Waals surface area contributed by atoms with Crippen molar-refractivity contribution in [1.29, 1.82) is 0 Å². The van der Waals surface area contributed by atoms with Crippen LogP contribution < -0.4 is 5.32 Å². The molecule has 1 aliphatic carbocycles. The fourth-order valence-corrected chi connectivity index (χ4v) is 4.59. The van der Waals surface area contributed by atoms with E-state index in [9.17, 15) is 15.0 Å². The first-order valence-electron chi connectivity index (χ1n) is 11.2. The minimum absolute atomic E-state index is 0.0389. The molecule has 0 spiro atoms. The Morgan fingerprint density at radius 3 is 2.50 bits per heavy atom. The summed E-state index contributed by atoms with van der Waals surface area (Å²) in [5, 5.41) is 22.8. The average Bonchev–Trinajstić information content (AvgIpc) is 2.91. The second kappa shape index (κ2) is 11.6. The van der Waals surface area contributed by atoms with E-state index in [0.717, 1.165) is 32.1 Å². The Morgan fingerprint density at radius 1 is 1.11 bits per heavy atom. The number of fused-ring (bicyclic) bond motifs is 1. The van der Waals surface area contributed by atoms with Gasteiger partial charge in [-0.3, -0.25) is 4.79 Å². The van der Waals surface area contributed by atoms with Crippen LogP contribution in [0.25, 0.3) is 0 Å². The number of rotatable bonds is 11. The lowest BCUT2D eigenvalue weighted by atomic mass is 9.78. The van der Waals surface area contributed by atoms with E-state index >= 15 is 0 Å².